The average molecular weight is 891 g/mol. The number of nitrogens with zero attached hydrogens (tertiary/aromatic N) is 2. The number of likely N-dealkylation sites (N-methyl/N-ethyl adjacent to an activating group) is 2. The minimum atomic E-state index is -1.63. The third kappa shape index (κ3) is 13.3. The fourth-order valence-corrected chi connectivity index (χ4v) is 9.95. The Morgan fingerprint density at radius 3 is 2.23 bits per heavy atom. The number of hydrogen-bond acceptors (Lipinski definition) is 17. The maximum atomic E-state index is 14.6. The van der Waals surface area contributed by atoms with Crippen LogP contribution in [0.4, 0.5) is 0 Å². The van der Waals surface area contributed by atoms with E-state index in [4.69, 9.17) is 42.6 Å². The van der Waals surface area contributed by atoms with Crippen molar-refractivity contribution in [3.05, 3.63) is 0 Å². The second-order valence-electron chi connectivity index (χ2n) is 19.2. The van der Waals surface area contributed by atoms with Gasteiger partial charge in [-0.1, -0.05) is 20.8 Å². The molecule has 3 N–H and O–H groups in total. The number of ether oxygens (including phenoxy) is 9. The van der Waals surface area contributed by atoms with Gasteiger partial charge in [0.05, 0.1) is 48.6 Å². The lowest BCUT2D eigenvalue weighted by atomic mass is 9.77. The molecule has 17 nitrogen and oxygen atoms in total. The van der Waals surface area contributed by atoms with Crippen LogP contribution in [-0.4, -0.2) is 182 Å². The van der Waals surface area contributed by atoms with E-state index in [9.17, 15) is 29.7 Å². The van der Waals surface area contributed by atoms with Crippen LogP contribution in [0.5, 0.6) is 0 Å². The average Bonchev–Trinajstić information content (AvgIpc) is 3.20. The molecule has 0 aliphatic carbocycles. The summed E-state index contributed by atoms with van der Waals surface area (Å²) in [5.74, 6) is -3.01. The van der Waals surface area contributed by atoms with Gasteiger partial charge in [-0.2, -0.15) is 0 Å². The number of cyclic esters (lactones) is 1. The van der Waals surface area contributed by atoms with Gasteiger partial charge in [0.25, 0.3) is 6.47 Å². The number of rotatable bonds is 15. The molecule has 0 radical (unpaired) electrons. The number of aliphatic hydroxyl groups excluding tert-OH is 2. The van der Waals surface area contributed by atoms with Crippen LogP contribution in [0.2, 0.25) is 0 Å². The first-order chi connectivity index (χ1) is 28.9. The van der Waals surface area contributed by atoms with Crippen molar-refractivity contribution in [1.82, 2.24) is 9.80 Å². The van der Waals surface area contributed by atoms with Crippen LogP contribution in [-0.2, 0) is 57.0 Å². The molecule has 0 amide bonds. The SMILES string of the molecule is CC[C@H]1OC(=O)[C@H](C)[C@@H](OC2C[C@@](C)(OC)[C@@H](OCCCCC(=O)OC)[C@H](C)O2)[C@H](C)[C@@H](O[C@@H]2O[C@H](C)C[C@H](N(C)C)[C@H]2O)[C@](C)(O)C[C@@H](C)CN(C)[C@H](C)[C@H](O)[C@]1(C)OC=O. The van der Waals surface area contributed by atoms with Crippen molar-refractivity contribution in [3.63, 3.8) is 0 Å². The zero-order chi connectivity index (χ0) is 46.9. The summed E-state index contributed by atoms with van der Waals surface area (Å²) in [6.45, 7) is 19.0. The highest BCUT2D eigenvalue weighted by Crippen LogP contribution is 2.41. The summed E-state index contributed by atoms with van der Waals surface area (Å²) in [5, 5.41) is 36.3. The lowest BCUT2D eigenvalue weighted by Gasteiger charge is -2.49. The largest absolute Gasteiger partial charge is 0.469 e. The lowest BCUT2D eigenvalue weighted by molar-refractivity contribution is -0.320. The summed E-state index contributed by atoms with van der Waals surface area (Å²) in [7, 11) is 8.55. The Bertz CT molecular complexity index is 1410. The molecule has 0 aromatic rings. The van der Waals surface area contributed by atoms with E-state index in [0.717, 1.165) is 0 Å². The van der Waals surface area contributed by atoms with Crippen LogP contribution in [0, 0.1) is 17.8 Å². The smallest absolute Gasteiger partial charge is 0.311 e. The molecule has 0 bridgehead atoms. The van der Waals surface area contributed by atoms with Gasteiger partial charge < -0.3 is 67.8 Å². The molecule has 62 heavy (non-hydrogen) atoms. The van der Waals surface area contributed by atoms with E-state index in [-0.39, 0.29) is 56.2 Å². The van der Waals surface area contributed by atoms with Crippen molar-refractivity contribution in [2.45, 2.75) is 204 Å². The molecule has 3 aliphatic rings. The van der Waals surface area contributed by atoms with Gasteiger partial charge in [-0.3, -0.25) is 14.4 Å². The highest BCUT2D eigenvalue weighted by atomic mass is 16.7. The summed E-state index contributed by atoms with van der Waals surface area (Å²) in [4.78, 5) is 42.1. The molecule has 362 valence electrons. The molecular formula is C45H82N2O15. The van der Waals surface area contributed by atoms with Gasteiger partial charge in [0.2, 0.25) is 0 Å². The number of methoxy groups -OCH3 is 2. The van der Waals surface area contributed by atoms with Gasteiger partial charge in [-0.05, 0) is 108 Å². The Labute approximate surface area is 370 Å². The molecule has 3 rings (SSSR count). The molecule has 17 heteroatoms. The molecule has 3 saturated heterocycles. The first kappa shape index (κ1) is 54.3. The highest BCUT2D eigenvalue weighted by Gasteiger charge is 2.54. The number of hydrogen-bond donors (Lipinski definition) is 3. The normalized spacial score (nSPS) is 43.3. The number of carbonyl (C=O) groups excluding carboxylic acids is 3. The fraction of sp³-hybridized carbons (Fsp3) is 0.933. The van der Waals surface area contributed by atoms with Crippen LogP contribution in [0.3, 0.4) is 0 Å². The topological polar surface area (TPSA) is 201 Å². The summed E-state index contributed by atoms with van der Waals surface area (Å²) < 4.78 is 55.5. The van der Waals surface area contributed by atoms with E-state index in [2.05, 4.69) is 0 Å². The van der Waals surface area contributed by atoms with Crippen LogP contribution in [0.1, 0.15) is 114 Å². The Kier molecular flexibility index (Phi) is 20.5. The summed E-state index contributed by atoms with van der Waals surface area (Å²) in [6, 6.07) is -0.874. The van der Waals surface area contributed by atoms with Crippen molar-refractivity contribution < 1.29 is 72.3 Å². The predicted octanol–water partition coefficient (Wildman–Crippen LogP) is 3.45. The minimum absolute atomic E-state index is 0.184. The molecule has 0 saturated carbocycles. The molecule has 1 unspecified atom stereocenters. The number of esters is 2. The highest BCUT2D eigenvalue weighted by molar-refractivity contribution is 5.73. The Morgan fingerprint density at radius 2 is 1.65 bits per heavy atom. The Morgan fingerprint density at radius 1 is 0.984 bits per heavy atom. The summed E-state index contributed by atoms with van der Waals surface area (Å²) >= 11 is 0. The Balaban J connectivity index is 2.13. The molecule has 0 spiro atoms. The Hall–Kier alpha value is -2.03. The first-order valence-electron chi connectivity index (χ1n) is 22.5. The maximum Gasteiger partial charge on any atom is 0.311 e. The number of unbranched alkanes of at least 4 members (excludes halogenated alkanes) is 1. The van der Waals surface area contributed by atoms with Gasteiger partial charge in [0.15, 0.2) is 18.2 Å². The molecular weight excluding hydrogens is 808 g/mol. The maximum absolute atomic E-state index is 14.6. The monoisotopic (exact) mass is 891 g/mol. The van der Waals surface area contributed by atoms with Crippen molar-refractivity contribution in [2.75, 3.05) is 48.5 Å². The van der Waals surface area contributed by atoms with E-state index in [1.54, 1.807) is 41.7 Å². The van der Waals surface area contributed by atoms with Crippen molar-refractivity contribution in [1.29, 1.82) is 0 Å². The number of carbonyl (C=O) groups is 3. The quantitative estimate of drug-likeness (QED) is 0.0934. The zero-order valence-electron chi connectivity index (χ0n) is 40.2. The molecule has 0 aromatic carbocycles. The fourth-order valence-electron chi connectivity index (χ4n) is 9.95. The molecule has 0 aromatic heterocycles. The van der Waals surface area contributed by atoms with Gasteiger partial charge in [0, 0.05) is 51.1 Å². The standard InChI is InChI=1S/C45H82N2O15/c1-16-33-45(10,57-25-48)38(51)30(6)47(13)24-26(2)22-43(8,53)39(62-42-36(50)32(46(11)12)21-27(3)58-42)28(4)37(29(5)41(52)60-33)61-35-23-44(9,55-15)40(31(7)59-35)56-20-18-17-19-34(49)54-14/h25-33,35-40,42,50-51,53H,16-24H2,1-15H3/t26-,27-,28+,29-,30-,31+,32+,33-,35?,36-,37+,38+,39-,40+,42+,43-,44-,45-/m1/s1. The van der Waals surface area contributed by atoms with Crippen molar-refractivity contribution >= 4 is 18.4 Å². The molecule has 3 fully saturated rings. The van der Waals surface area contributed by atoms with Gasteiger partial charge in [-0.15, -0.1) is 0 Å². The lowest BCUT2D eigenvalue weighted by Crippen LogP contribution is -2.61. The van der Waals surface area contributed by atoms with Gasteiger partial charge in [-0.25, -0.2) is 0 Å². The predicted molar refractivity (Wildman–Crippen MR) is 229 cm³/mol. The first-order valence-corrected chi connectivity index (χ1v) is 22.5. The summed E-state index contributed by atoms with van der Waals surface area (Å²) in [5.41, 5.74) is -4.14. The van der Waals surface area contributed by atoms with Crippen molar-refractivity contribution in [3.8, 4) is 0 Å². The van der Waals surface area contributed by atoms with E-state index in [0.29, 0.717) is 32.4 Å². The van der Waals surface area contributed by atoms with Crippen molar-refractivity contribution in [2.24, 2.45) is 17.8 Å². The van der Waals surface area contributed by atoms with Gasteiger partial charge in [0.1, 0.15) is 24.4 Å². The third-order valence-electron chi connectivity index (χ3n) is 13.7. The second kappa shape index (κ2) is 23.4. The van der Waals surface area contributed by atoms with E-state index >= 15 is 0 Å². The van der Waals surface area contributed by atoms with Gasteiger partial charge >= 0.3 is 11.9 Å². The van der Waals surface area contributed by atoms with E-state index in [1.165, 1.54) is 7.11 Å². The molecule has 18 atom stereocenters. The third-order valence-corrected chi connectivity index (χ3v) is 13.7. The molecule has 3 aliphatic heterocycles. The van der Waals surface area contributed by atoms with Crippen LogP contribution in [0.15, 0.2) is 0 Å². The van der Waals surface area contributed by atoms with Crippen LogP contribution >= 0.6 is 0 Å². The van der Waals surface area contributed by atoms with E-state index in [1.807, 2.05) is 65.6 Å². The van der Waals surface area contributed by atoms with E-state index < -0.39 is 96.0 Å². The molecule has 3 heterocycles. The second-order valence-corrected chi connectivity index (χ2v) is 19.2. The summed E-state index contributed by atoms with van der Waals surface area (Å²) in [6.07, 6.45) is -6.33. The van der Waals surface area contributed by atoms with Crippen LogP contribution in [0.25, 0.3) is 0 Å². The number of aliphatic hydroxyl groups is 3. The minimum Gasteiger partial charge on any atom is -0.469 e. The zero-order valence-corrected chi connectivity index (χ0v) is 40.2. The van der Waals surface area contributed by atoms with Crippen LogP contribution < -0.4 is 0 Å².